The van der Waals surface area contributed by atoms with Crippen LogP contribution in [0, 0.1) is 10.1 Å². The summed E-state index contributed by atoms with van der Waals surface area (Å²) in [4.78, 5) is 10.2. The van der Waals surface area contributed by atoms with E-state index in [9.17, 15) is 10.1 Å². The van der Waals surface area contributed by atoms with Gasteiger partial charge < -0.3 is 10.6 Å². The summed E-state index contributed by atoms with van der Waals surface area (Å²) in [6.07, 6.45) is 0. The van der Waals surface area contributed by atoms with Gasteiger partial charge in [-0.2, -0.15) is 0 Å². The maximum Gasteiger partial charge on any atom is 0.377 e. The van der Waals surface area contributed by atoms with Gasteiger partial charge in [-0.05, 0) is 60.1 Å². The molecule has 0 bridgehead atoms. The van der Waals surface area contributed by atoms with Crippen LogP contribution in [-0.4, -0.2) is 4.92 Å². The van der Waals surface area contributed by atoms with Crippen LogP contribution in [0.5, 0.6) is 0 Å². The lowest BCUT2D eigenvalue weighted by Crippen LogP contribution is -2.14. The van der Waals surface area contributed by atoms with E-state index in [0.717, 1.165) is 0 Å². The summed E-state index contributed by atoms with van der Waals surface area (Å²) in [5.74, 6) is 0.0383. The molecule has 0 unspecified atom stereocenters. The summed E-state index contributed by atoms with van der Waals surface area (Å²) in [6, 6.07) is 13.3. The lowest BCUT2D eigenvalue weighted by molar-refractivity contribution is -0.413. The SMILES string of the molecule is O=[N+]([O-])C(Cl)=C(Nc1ccc(Cl)cc1)Nc1ccc(Cl)cc1. The molecule has 2 aromatic carbocycles. The highest BCUT2D eigenvalue weighted by molar-refractivity contribution is 6.31. The Bertz CT molecular complexity index is 651. The number of hydrogen-bond acceptors (Lipinski definition) is 4. The van der Waals surface area contributed by atoms with Gasteiger partial charge in [0.15, 0.2) is 0 Å². The quantitative estimate of drug-likeness (QED) is 0.440. The molecule has 0 aliphatic rings. The fraction of sp³-hybridized carbons (Fsp3) is 0. The molecule has 2 N–H and O–H groups in total. The van der Waals surface area contributed by atoms with E-state index in [-0.39, 0.29) is 5.82 Å². The standard InChI is InChI=1S/C14H10Cl3N3O2/c15-9-1-5-11(6-2-9)18-14(13(17)20(21)22)19-12-7-3-10(16)4-8-12/h1-8,18-19H. The second-order valence-corrected chi connectivity index (χ2v) is 5.42. The van der Waals surface area contributed by atoms with Crippen molar-refractivity contribution in [1.29, 1.82) is 0 Å². The Morgan fingerprint density at radius 1 is 0.864 bits per heavy atom. The predicted octanol–water partition coefficient (Wildman–Crippen LogP) is 5.16. The number of rotatable bonds is 5. The van der Waals surface area contributed by atoms with Crippen molar-refractivity contribution in [3.05, 3.63) is 79.7 Å². The molecule has 0 saturated heterocycles. The minimum absolute atomic E-state index is 0.0383. The van der Waals surface area contributed by atoms with Gasteiger partial charge in [0.2, 0.25) is 5.82 Å². The number of nitrogens with zero attached hydrogens (tertiary/aromatic N) is 1. The number of nitro groups is 1. The molecule has 2 rings (SSSR count). The Labute approximate surface area is 141 Å². The molecule has 0 radical (unpaired) electrons. The molecule has 0 fully saturated rings. The second kappa shape index (κ2) is 7.35. The molecule has 0 atom stereocenters. The zero-order valence-corrected chi connectivity index (χ0v) is 13.3. The Morgan fingerprint density at radius 3 is 1.55 bits per heavy atom. The molecule has 0 aliphatic carbocycles. The van der Waals surface area contributed by atoms with Gasteiger partial charge in [-0.1, -0.05) is 23.2 Å². The van der Waals surface area contributed by atoms with Crippen molar-refractivity contribution in [3.8, 4) is 0 Å². The third-order valence-electron chi connectivity index (χ3n) is 2.59. The van der Waals surface area contributed by atoms with Gasteiger partial charge >= 0.3 is 5.16 Å². The summed E-state index contributed by atoms with van der Waals surface area (Å²) >= 11 is 17.4. The monoisotopic (exact) mass is 357 g/mol. The van der Waals surface area contributed by atoms with Crippen LogP contribution in [0.4, 0.5) is 11.4 Å². The molecule has 22 heavy (non-hydrogen) atoms. The summed E-state index contributed by atoms with van der Waals surface area (Å²) in [5.41, 5.74) is 1.20. The largest absolute Gasteiger partial charge is 0.377 e. The first-order chi connectivity index (χ1) is 10.5. The molecule has 0 aliphatic heterocycles. The number of hydrogen-bond donors (Lipinski definition) is 2. The highest BCUT2D eigenvalue weighted by Crippen LogP contribution is 2.21. The highest BCUT2D eigenvalue weighted by atomic mass is 35.5. The smallest absolute Gasteiger partial charge is 0.335 e. The molecule has 5 nitrogen and oxygen atoms in total. The van der Waals surface area contributed by atoms with E-state index in [0.29, 0.717) is 21.4 Å². The third kappa shape index (κ3) is 4.53. The fourth-order valence-electron chi connectivity index (χ4n) is 1.58. The predicted molar refractivity (Wildman–Crippen MR) is 90.0 cm³/mol. The van der Waals surface area contributed by atoms with Crippen LogP contribution in [0.25, 0.3) is 0 Å². The third-order valence-corrected chi connectivity index (χ3v) is 3.42. The first-order valence-corrected chi connectivity index (χ1v) is 7.18. The van der Waals surface area contributed by atoms with Gasteiger partial charge in [0.05, 0.1) is 4.92 Å². The minimum atomic E-state index is -0.692. The molecular weight excluding hydrogens is 349 g/mol. The van der Waals surface area contributed by atoms with Crippen molar-refractivity contribution < 1.29 is 4.92 Å². The average Bonchev–Trinajstić information content (AvgIpc) is 2.50. The normalized spacial score (nSPS) is 9.95. The Balaban J connectivity index is 2.27. The van der Waals surface area contributed by atoms with Gasteiger partial charge in [-0.15, -0.1) is 0 Å². The van der Waals surface area contributed by atoms with E-state index in [4.69, 9.17) is 34.8 Å². The van der Waals surface area contributed by atoms with Gasteiger partial charge in [0.25, 0.3) is 0 Å². The first kappa shape index (κ1) is 16.4. The van der Waals surface area contributed by atoms with Crippen molar-refractivity contribution in [1.82, 2.24) is 0 Å². The molecular formula is C14H10Cl3N3O2. The maximum atomic E-state index is 10.9. The maximum absolute atomic E-state index is 10.9. The van der Waals surface area contributed by atoms with Crippen LogP contribution in [0.2, 0.25) is 10.0 Å². The second-order valence-electron chi connectivity index (χ2n) is 4.19. The fourth-order valence-corrected chi connectivity index (χ4v) is 1.93. The summed E-state index contributed by atoms with van der Waals surface area (Å²) < 4.78 is 0. The van der Waals surface area contributed by atoms with Crippen LogP contribution < -0.4 is 10.6 Å². The highest BCUT2D eigenvalue weighted by Gasteiger charge is 2.16. The van der Waals surface area contributed by atoms with Gasteiger partial charge in [-0.25, -0.2) is 0 Å². The molecule has 0 spiro atoms. The molecule has 0 aromatic heterocycles. The average molecular weight is 359 g/mol. The minimum Gasteiger partial charge on any atom is -0.335 e. The summed E-state index contributed by atoms with van der Waals surface area (Å²) in [7, 11) is 0. The van der Waals surface area contributed by atoms with Crippen LogP contribution in [0.15, 0.2) is 59.5 Å². The van der Waals surface area contributed by atoms with Crippen molar-refractivity contribution in [3.63, 3.8) is 0 Å². The van der Waals surface area contributed by atoms with E-state index in [1.165, 1.54) is 0 Å². The Morgan fingerprint density at radius 2 is 1.23 bits per heavy atom. The van der Waals surface area contributed by atoms with Crippen LogP contribution in [-0.2, 0) is 0 Å². The molecule has 0 amide bonds. The number of nitrogens with one attached hydrogen (secondary N) is 2. The van der Waals surface area contributed by atoms with E-state index in [1.54, 1.807) is 48.5 Å². The number of halogens is 3. The van der Waals surface area contributed by atoms with Crippen LogP contribution in [0.1, 0.15) is 0 Å². The lowest BCUT2D eigenvalue weighted by Gasteiger charge is -2.12. The van der Waals surface area contributed by atoms with Crippen molar-refractivity contribution >= 4 is 46.2 Å². The number of anilines is 2. The molecule has 0 heterocycles. The van der Waals surface area contributed by atoms with Gasteiger partial charge in [-0.3, -0.25) is 10.1 Å². The molecule has 0 saturated carbocycles. The number of benzene rings is 2. The van der Waals surface area contributed by atoms with Gasteiger partial charge in [0, 0.05) is 21.4 Å². The van der Waals surface area contributed by atoms with Crippen LogP contribution in [0.3, 0.4) is 0 Å². The van der Waals surface area contributed by atoms with Crippen molar-refractivity contribution in [2.45, 2.75) is 0 Å². The topological polar surface area (TPSA) is 67.2 Å². The Hall–Kier alpha value is -1.95. The van der Waals surface area contributed by atoms with Gasteiger partial charge in [0.1, 0.15) is 0 Å². The lowest BCUT2D eigenvalue weighted by atomic mass is 10.3. The molecule has 2 aromatic rings. The summed E-state index contributed by atoms with van der Waals surface area (Å²) in [5, 5.41) is 17.2. The van der Waals surface area contributed by atoms with E-state index in [2.05, 4.69) is 10.6 Å². The van der Waals surface area contributed by atoms with Crippen LogP contribution >= 0.6 is 34.8 Å². The van der Waals surface area contributed by atoms with Crippen molar-refractivity contribution in [2.75, 3.05) is 10.6 Å². The molecule has 8 heteroatoms. The summed E-state index contributed by atoms with van der Waals surface area (Å²) in [6.45, 7) is 0. The first-order valence-electron chi connectivity index (χ1n) is 6.05. The van der Waals surface area contributed by atoms with Crippen molar-refractivity contribution in [2.24, 2.45) is 0 Å². The van der Waals surface area contributed by atoms with E-state index < -0.39 is 10.1 Å². The zero-order valence-electron chi connectivity index (χ0n) is 11.0. The molecule has 114 valence electrons. The van der Waals surface area contributed by atoms with E-state index >= 15 is 0 Å². The Kier molecular flexibility index (Phi) is 5.49. The van der Waals surface area contributed by atoms with E-state index in [1.807, 2.05) is 0 Å². The zero-order chi connectivity index (χ0) is 16.1.